The molecule has 1 fully saturated rings. The molecule has 148 valence electrons. The molecule has 6 heteroatoms. The lowest BCUT2D eigenvalue weighted by molar-refractivity contribution is 0.0341. The Morgan fingerprint density at radius 1 is 1.15 bits per heavy atom. The van der Waals surface area contributed by atoms with Crippen LogP contribution in [0.25, 0.3) is 0 Å². The largest absolute Gasteiger partial charge is 0.379 e. The van der Waals surface area contributed by atoms with E-state index in [-0.39, 0.29) is 24.0 Å². The summed E-state index contributed by atoms with van der Waals surface area (Å²) in [7, 11) is 0. The molecule has 1 aromatic carbocycles. The standard InChI is InChI=1S/C20H34N4O.HI/c1-4-21-20(22-10-9-17(2)3)23-15-18-7-5-6-8-19(18)16-24-11-13-25-14-12-24;/h5-8,17H,4,9-16H2,1-3H3,(H2,21,22,23);1H. The summed E-state index contributed by atoms with van der Waals surface area (Å²) in [6.45, 7) is 13.8. The lowest BCUT2D eigenvalue weighted by Crippen LogP contribution is -2.38. The van der Waals surface area contributed by atoms with Crippen molar-refractivity contribution in [3.8, 4) is 0 Å². The fraction of sp³-hybridized carbons (Fsp3) is 0.650. The van der Waals surface area contributed by atoms with Gasteiger partial charge in [0.2, 0.25) is 0 Å². The molecular weight excluding hydrogens is 439 g/mol. The number of aliphatic imine (C=N–C) groups is 1. The Morgan fingerprint density at radius 2 is 1.85 bits per heavy atom. The smallest absolute Gasteiger partial charge is 0.191 e. The Hall–Kier alpha value is -0.860. The monoisotopic (exact) mass is 474 g/mol. The third-order valence-electron chi connectivity index (χ3n) is 4.38. The van der Waals surface area contributed by atoms with Crippen LogP contribution in [-0.2, 0) is 17.8 Å². The Morgan fingerprint density at radius 3 is 2.50 bits per heavy atom. The maximum absolute atomic E-state index is 5.45. The van der Waals surface area contributed by atoms with Crippen molar-refractivity contribution in [1.82, 2.24) is 15.5 Å². The SMILES string of the molecule is CCNC(=NCc1ccccc1CN1CCOCC1)NCCC(C)C.I. The Balaban J connectivity index is 0.00000338. The molecular formula is C20H35IN4O. The van der Waals surface area contributed by atoms with Crippen molar-refractivity contribution in [2.45, 2.75) is 40.3 Å². The zero-order valence-electron chi connectivity index (χ0n) is 16.5. The number of nitrogens with zero attached hydrogens (tertiary/aromatic N) is 2. The molecule has 0 aliphatic carbocycles. The van der Waals surface area contributed by atoms with Crippen LogP contribution < -0.4 is 10.6 Å². The third kappa shape index (κ3) is 8.68. The first kappa shape index (κ1) is 23.2. The summed E-state index contributed by atoms with van der Waals surface area (Å²) in [6, 6.07) is 8.64. The molecule has 0 unspecified atom stereocenters. The highest BCUT2D eigenvalue weighted by Gasteiger charge is 2.12. The first-order valence-electron chi connectivity index (χ1n) is 9.58. The van der Waals surface area contributed by atoms with Crippen molar-refractivity contribution in [3.63, 3.8) is 0 Å². The Labute approximate surface area is 176 Å². The van der Waals surface area contributed by atoms with E-state index in [4.69, 9.17) is 9.73 Å². The minimum Gasteiger partial charge on any atom is -0.379 e. The predicted octanol–water partition coefficient (Wildman–Crippen LogP) is 3.24. The third-order valence-corrected chi connectivity index (χ3v) is 4.38. The molecule has 1 heterocycles. The van der Waals surface area contributed by atoms with Crippen molar-refractivity contribution < 1.29 is 4.74 Å². The van der Waals surface area contributed by atoms with Crippen molar-refractivity contribution in [2.24, 2.45) is 10.9 Å². The van der Waals surface area contributed by atoms with Crippen LogP contribution in [0.4, 0.5) is 0 Å². The van der Waals surface area contributed by atoms with Gasteiger partial charge in [-0.15, -0.1) is 24.0 Å². The first-order valence-corrected chi connectivity index (χ1v) is 9.58. The molecule has 1 aromatic rings. The van der Waals surface area contributed by atoms with E-state index < -0.39 is 0 Å². The molecule has 0 saturated carbocycles. The molecule has 0 bridgehead atoms. The number of rotatable bonds is 8. The summed E-state index contributed by atoms with van der Waals surface area (Å²) in [5.74, 6) is 1.61. The number of ether oxygens (including phenoxy) is 1. The number of halogens is 1. The number of guanidine groups is 1. The van der Waals surface area contributed by atoms with Crippen LogP contribution >= 0.6 is 24.0 Å². The van der Waals surface area contributed by atoms with Gasteiger partial charge in [-0.05, 0) is 30.4 Å². The van der Waals surface area contributed by atoms with E-state index in [1.807, 2.05) is 0 Å². The zero-order chi connectivity index (χ0) is 17.9. The van der Waals surface area contributed by atoms with Gasteiger partial charge in [-0.1, -0.05) is 38.1 Å². The highest BCUT2D eigenvalue weighted by molar-refractivity contribution is 14.0. The van der Waals surface area contributed by atoms with Crippen LogP contribution in [0, 0.1) is 5.92 Å². The average molecular weight is 474 g/mol. The van der Waals surface area contributed by atoms with Gasteiger partial charge in [0.25, 0.3) is 0 Å². The Kier molecular flexibility index (Phi) is 11.9. The molecule has 0 aromatic heterocycles. The predicted molar refractivity (Wildman–Crippen MR) is 120 cm³/mol. The highest BCUT2D eigenvalue weighted by atomic mass is 127. The quantitative estimate of drug-likeness (QED) is 0.345. The van der Waals surface area contributed by atoms with Gasteiger partial charge in [-0.25, -0.2) is 4.99 Å². The van der Waals surface area contributed by atoms with E-state index in [9.17, 15) is 0 Å². The second kappa shape index (κ2) is 13.3. The van der Waals surface area contributed by atoms with Gasteiger partial charge in [-0.2, -0.15) is 0 Å². The maximum Gasteiger partial charge on any atom is 0.191 e. The van der Waals surface area contributed by atoms with Crippen LogP contribution in [0.5, 0.6) is 0 Å². The lowest BCUT2D eigenvalue weighted by atomic mass is 10.1. The second-order valence-electron chi connectivity index (χ2n) is 6.96. The molecule has 1 aliphatic heterocycles. The van der Waals surface area contributed by atoms with Crippen LogP contribution in [-0.4, -0.2) is 50.3 Å². The zero-order valence-corrected chi connectivity index (χ0v) is 18.8. The van der Waals surface area contributed by atoms with Gasteiger partial charge >= 0.3 is 0 Å². The van der Waals surface area contributed by atoms with Crippen LogP contribution in [0.15, 0.2) is 29.3 Å². The van der Waals surface area contributed by atoms with Gasteiger partial charge in [0.05, 0.1) is 19.8 Å². The van der Waals surface area contributed by atoms with E-state index in [0.29, 0.717) is 12.5 Å². The minimum atomic E-state index is 0. The van der Waals surface area contributed by atoms with E-state index >= 15 is 0 Å². The van der Waals surface area contributed by atoms with Gasteiger partial charge < -0.3 is 15.4 Å². The van der Waals surface area contributed by atoms with E-state index in [0.717, 1.165) is 58.3 Å². The maximum atomic E-state index is 5.45. The van der Waals surface area contributed by atoms with Crippen molar-refractivity contribution in [2.75, 3.05) is 39.4 Å². The fourth-order valence-corrected chi connectivity index (χ4v) is 2.85. The summed E-state index contributed by atoms with van der Waals surface area (Å²) >= 11 is 0. The number of morpholine rings is 1. The normalized spacial score (nSPS) is 15.6. The van der Waals surface area contributed by atoms with Crippen molar-refractivity contribution in [1.29, 1.82) is 0 Å². The molecule has 26 heavy (non-hydrogen) atoms. The second-order valence-corrected chi connectivity index (χ2v) is 6.96. The van der Waals surface area contributed by atoms with Crippen LogP contribution in [0.2, 0.25) is 0 Å². The molecule has 5 nitrogen and oxygen atoms in total. The summed E-state index contributed by atoms with van der Waals surface area (Å²) in [5.41, 5.74) is 2.67. The molecule has 1 saturated heterocycles. The highest BCUT2D eigenvalue weighted by Crippen LogP contribution is 2.14. The first-order chi connectivity index (χ1) is 12.2. The molecule has 2 rings (SSSR count). The Bertz CT molecular complexity index is 530. The van der Waals surface area contributed by atoms with Crippen LogP contribution in [0.3, 0.4) is 0 Å². The van der Waals surface area contributed by atoms with Gasteiger partial charge in [0, 0.05) is 32.7 Å². The van der Waals surface area contributed by atoms with E-state index in [1.165, 1.54) is 11.1 Å². The molecule has 1 aliphatic rings. The molecule has 0 atom stereocenters. The molecule has 0 radical (unpaired) electrons. The van der Waals surface area contributed by atoms with Gasteiger partial charge in [0.1, 0.15) is 0 Å². The topological polar surface area (TPSA) is 48.9 Å². The number of hydrogen-bond donors (Lipinski definition) is 2. The van der Waals surface area contributed by atoms with E-state index in [2.05, 4.69) is 60.6 Å². The molecule has 0 amide bonds. The fourth-order valence-electron chi connectivity index (χ4n) is 2.85. The number of hydrogen-bond acceptors (Lipinski definition) is 3. The number of benzene rings is 1. The van der Waals surface area contributed by atoms with Gasteiger partial charge in [-0.3, -0.25) is 4.90 Å². The van der Waals surface area contributed by atoms with E-state index in [1.54, 1.807) is 0 Å². The molecule has 2 N–H and O–H groups in total. The summed E-state index contributed by atoms with van der Waals surface area (Å²) in [6.07, 6.45) is 1.15. The minimum absolute atomic E-state index is 0. The van der Waals surface area contributed by atoms with Crippen molar-refractivity contribution in [3.05, 3.63) is 35.4 Å². The van der Waals surface area contributed by atoms with Crippen molar-refractivity contribution >= 4 is 29.9 Å². The van der Waals surface area contributed by atoms with Crippen LogP contribution in [0.1, 0.15) is 38.3 Å². The van der Waals surface area contributed by atoms with Gasteiger partial charge in [0.15, 0.2) is 5.96 Å². The molecule has 0 spiro atoms. The summed E-state index contributed by atoms with van der Waals surface area (Å²) in [5, 5.41) is 6.77. The summed E-state index contributed by atoms with van der Waals surface area (Å²) < 4.78 is 5.45. The number of nitrogens with one attached hydrogen (secondary N) is 2. The lowest BCUT2D eigenvalue weighted by Gasteiger charge is -2.27. The average Bonchev–Trinajstić information content (AvgIpc) is 2.61. The summed E-state index contributed by atoms with van der Waals surface area (Å²) in [4.78, 5) is 7.24.